The first kappa shape index (κ1) is 14.4. The smallest absolute Gasteiger partial charge is 0.410 e. The van der Waals surface area contributed by atoms with Gasteiger partial charge in [0.1, 0.15) is 11.4 Å². The highest BCUT2D eigenvalue weighted by Gasteiger charge is 2.29. The summed E-state index contributed by atoms with van der Waals surface area (Å²) in [5.74, 6) is 0.136. The number of nitrogens with two attached hydrogens (primary N) is 1. The first-order valence-electron chi connectivity index (χ1n) is 6.54. The fourth-order valence-corrected chi connectivity index (χ4v) is 2.14. The van der Waals surface area contributed by atoms with Gasteiger partial charge in [-0.05, 0) is 27.2 Å². The molecule has 2 rings (SSSR count). The van der Waals surface area contributed by atoms with Gasteiger partial charge in [0.05, 0.1) is 12.2 Å². The molecule has 0 fully saturated rings. The molecule has 0 atom stereocenters. The molecule has 0 spiro atoms. The Balaban J connectivity index is 2.17. The van der Waals surface area contributed by atoms with E-state index in [4.69, 9.17) is 10.5 Å². The lowest BCUT2D eigenvalue weighted by atomic mass is 10.1. The average Bonchev–Trinajstić information content (AvgIpc) is 2.64. The minimum absolute atomic E-state index is 0.235. The van der Waals surface area contributed by atoms with Crippen LogP contribution in [0.4, 0.5) is 10.6 Å². The Morgan fingerprint density at radius 2 is 2.00 bits per heavy atom. The monoisotopic (exact) mass is 280 g/mol. The lowest BCUT2D eigenvalue weighted by Crippen LogP contribution is -2.39. The van der Waals surface area contributed by atoms with Crippen LogP contribution in [-0.4, -0.2) is 38.8 Å². The number of amides is 1. The van der Waals surface area contributed by atoms with Crippen LogP contribution in [0.5, 0.6) is 0 Å². The number of aromatic nitrogens is 2. The first-order valence-corrected chi connectivity index (χ1v) is 6.54. The van der Waals surface area contributed by atoms with E-state index in [1.165, 1.54) is 11.6 Å². The Bertz CT molecular complexity index is 557. The van der Waals surface area contributed by atoms with Crippen LogP contribution in [0.25, 0.3) is 0 Å². The zero-order valence-electron chi connectivity index (χ0n) is 12.3. The second-order valence-corrected chi connectivity index (χ2v) is 5.89. The largest absolute Gasteiger partial charge is 0.444 e. The Morgan fingerprint density at radius 3 is 2.55 bits per heavy atom. The predicted molar refractivity (Wildman–Crippen MR) is 73.3 cm³/mol. The van der Waals surface area contributed by atoms with Crippen LogP contribution < -0.4 is 5.73 Å². The molecule has 0 aromatic carbocycles. The molecule has 0 unspecified atom stereocenters. The second kappa shape index (κ2) is 4.81. The van der Waals surface area contributed by atoms with Crippen molar-refractivity contribution in [3.63, 3.8) is 0 Å². The summed E-state index contributed by atoms with van der Waals surface area (Å²) >= 11 is 0. The normalized spacial score (nSPS) is 14.9. The van der Waals surface area contributed by atoms with Crippen LogP contribution in [0.3, 0.4) is 0 Å². The maximum atomic E-state index is 12.0. The van der Waals surface area contributed by atoms with Gasteiger partial charge in [0.2, 0.25) is 5.91 Å². The van der Waals surface area contributed by atoms with Crippen LogP contribution in [0.1, 0.15) is 43.7 Å². The topological polar surface area (TPSA) is 90.5 Å². The van der Waals surface area contributed by atoms with Gasteiger partial charge in [-0.3, -0.25) is 4.79 Å². The molecular formula is C13H20N4O3. The summed E-state index contributed by atoms with van der Waals surface area (Å²) in [5, 5.41) is 4.17. The average molecular weight is 280 g/mol. The minimum atomic E-state index is -0.533. The molecule has 0 radical (unpaired) electrons. The maximum Gasteiger partial charge on any atom is 0.410 e. The minimum Gasteiger partial charge on any atom is -0.444 e. The molecule has 1 amide bonds. The summed E-state index contributed by atoms with van der Waals surface area (Å²) in [5.41, 5.74) is 6.87. The highest BCUT2D eigenvalue weighted by Crippen LogP contribution is 2.25. The molecule has 0 aliphatic carbocycles. The van der Waals surface area contributed by atoms with Crippen molar-refractivity contribution in [3.05, 3.63) is 11.3 Å². The van der Waals surface area contributed by atoms with Crippen LogP contribution in [-0.2, 0) is 17.7 Å². The zero-order chi connectivity index (χ0) is 15.1. The summed E-state index contributed by atoms with van der Waals surface area (Å²) in [6.07, 6.45) is 0.201. The first-order chi connectivity index (χ1) is 9.19. The van der Waals surface area contributed by atoms with Crippen molar-refractivity contribution in [2.45, 2.75) is 46.3 Å². The highest BCUT2D eigenvalue weighted by molar-refractivity contribution is 5.79. The molecule has 0 bridgehead atoms. The molecule has 1 aliphatic heterocycles. The number of anilines is 1. The van der Waals surface area contributed by atoms with E-state index in [1.54, 1.807) is 4.90 Å². The quantitative estimate of drug-likeness (QED) is 0.776. The zero-order valence-corrected chi connectivity index (χ0v) is 12.3. The number of hydrogen-bond acceptors (Lipinski definition) is 5. The highest BCUT2D eigenvalue weighted by atomic mass is 16.6. The van der Waals surface area contributed by atoms with Crippen molar-refractivity contribution in [2.24, 2.45) is 0 Å². The van der Waals surface area contributed by atoms with Gasteiger partial charge in [0.25, 0.3) is 0 Å². The number of carbonyl (C=O) groups is 2. The van der Waals surface area contributed by atoms with Gasteiger partial charge in [-0.2, -0.15) is 9.78 Å². The van der Waals surface area contributed by atoms with E-state index in [1.807, 2.05) is 20.8 Å². The van der Waals surface area contributed by atoms with Crippen LogP contribution in [0.2, 0.25) is 0 Å². The standard InChI is InChI=1S/C13H20N4O3/c1-8(18)17-11(14)9-5-6-16(7-10(9)15-17)12(19)20-13(2,3)4/h5-7,14H2,1-4H3. The molecule has 0 saturated carbocycles. The van der Waals surface area contributed by atoms with Gasteiger partial charge < -0.3 is 15.4 Å². The second-order valence-electron chi connectivity index (χ2n) is 5.89. The fourth-order valence-electron chi connectivity index (χ4n) is 2.14. The van der Waals surface area contributed by atoms with E-state index < -0.39 is 5.60 Å². The molecule has 2 heterocycles. The van der Waals surface area contributed by atoms with Gasteiger partial charge in [-0.1, -0.05) is 0 Å². The third-order valence-corrected chi connectivity index (χ3v) is 3.03. The lowest BCUT2D eigenvalue weighted by molar-refractivity contribution is 0.0221. The van der Waals surface area contributed by atoms with Crippen LogP contribution in [0, 0.1) is 0 Å². The van der Waals surface area contributed by atoms with Crippen molar-refractivity contribution in [3.8, 4) is 0 Å². The summed E-state index contributed by atoms with van der Waals surface area (Å²) in [4.78, 5) is 25.0. The van der Waals surface area contributed by atoms with Crippen LogP contribution >= 0.6 is 0 Å². The molecule has 20 heavy (non-hydrogen) atoms. The molecule has 7 nitrogen and oxygen atoms in total. The fraction of sp³-hybridized carbons (Fsp3) is 0.615. The predicted octanol–water partition coefficient (Wildman–Crippen LogP) is 1.42. The Morgan fingerprint density at radius 1 is 1.35 bits per heavy atom. The number of nitrogens with zero attached hydrogens (tertiary/aromatic N) is 3. The van der Waals surface area contributed by atoms with Crippen molar-refractivity contribution in [1.29, 1.82) is 0 Å². The molecule has 0 saturated heterocycles. The van der Waals surface area contributed by atoms with E-state index in [9.17, 15) is 9.59 Å². The van der Waals surface area contributed by atoms with E-state index in [0.717, 1.165) is 5.56 Å². The van der Waals surface area contributed by atoms with Gasteiger partial charge in [-0.15, -0.1) is 0 Å². The van der Waals surface area contributed by atoms with Crippen molar-refractivity contribution in [1.82, 2.24) is 14.7 Å². The number of hydrogen-bond donors (Lipinski definition) is 1. The Hall–Kier alpha value is -2.05. The van der Waals surface area contributed by atoms with Gasteiger partial charge in [0, 0.05) is 19.0 Å². The van der Waals surface area contributed by atoms with Crippen molar-refractivity contribution in [2.75, 3.05) is 12.3 Å². The van der Waals surface area contributed by atoms with Gasteiger partial charge >= 0.3 is 6.09 Å². The Labute approximate surface area is 117 Å². The summed E-state index contributed by atoms with van der Waals surface area (Å²) in [6, 6.07) is 0. The third kappa shape index (κ3) is 2.76. The number of ether oxygens (including phenoxy) is 1. The van der Waals surface area contributed by atoms with Crippen LogP contribution in [0.15, 0.2) is 0 Å². The van der Waals surface area contributed by atoms with E-state index >= 15 is 0 Å². The number of rotatable bonds is 0. The summed E-state index contributed by atoms with van der Waals surface area (Å²) < 4.78 is 6.51. The van der Waals surface area contributed by atoms with E-state index in [0.29, 0.717) is 31.0 Å². The molecule has 1 aliphatic rings. The number of carbonyl (C=O) groups excluding carboxylic acids is 2. The summed E-state index contributed by atoms with van der Waals surface area (Å²) in [7, 11) is 0. The van der Waals surface area contributed by atoms with Gasteiger partial charge in [-0.25, -0.2) is 4.79 Å². The maximum absolute atomic E-state index is 12.0. The van der Waals surface area contributed by atoms with E-state index in [2.05, 4.69) is 5.10 Å². The van der Waals surface area contributed by atoms with Crippen molar-refractivity contribution < 1.29 is 14.3 Å². The molecule has 2 N–H and O–H groups in total. The van der Waals surface area contributed by atoms with E-state index in [-0.39, 0.29) is 12.0 Å². The van der Waals surface area contributed by atoms with Gasteiger partial charge in [0.15, 0.2) is 0 Å². The SMILES string of the molecule is CC(=O)n1nc2c(c1N)CCN(C(=O)OC(C)(C)C)C2. The molecule has 1 aromatic rings. The number of nitrogen functional groups attached to an aromatic ring is 1. The van der Waals surface area contributed by atoms with Crippen molar-refractivity contribution >= 4 is 17.8 Å². The molecule has 110 valence electrons. The molecule has 1 aromatic heterocycles. The summed E-state index contributed by atoms with van der Waals surface area (Å²) in [6.45, 7) is 7.69. The number of fused-ring (bicyclic) bond motifs is 1. The lowest BCUT2D eigenvalue weighted by Gasteiger charge is -2.29. The Kier molecular flexibility index (Phi) is 3.45. The third-order valence-electron chi connectivity index (χ3n) is 3.03. The molecule has 7 heteroatoms. The molecular weight excluding hydrogens is 260 g/mol.